The molecule has 2 aliphatic carbocycles. The van der Waals surface area contributed by atoms with Crippen molar-refractivity contribution in [1.82, 2.24) is 0 Å². The highest BCUT2D eigenvalue weighted by molar-refractivity contribution is 6.37. The highest BCUT2D eigenvalue weighted by atomic mass is 28.2. The molecule has 1 aromatic carbocycles. The monoisotopic (exact) mass is 402 g/mol. The number of rotatable bonds is 5. The molecule has 27 heavy (non-hydrogen) atoms. The molecule has 0 atom stereocenters. The van der Waals surface area contributed by atoms with Gasteiger partial charge >= 0.3 is 6.18 Å². The molecule has 0 unspecified atom stereocenters. The Balaban J connectivity index is 1.50. The molecular weight excluding hydrogens is 375 g/mol. The Morgan fingerprint density at radius 3 is 2.00 bits per heavy atom. The number of benzene rings is 1. The molecular formula is C21H27F5Si. The SMILES string of the molecule is FCC[Si]C1CCC(C2CCC(c3ccc(C(F)(F)F)c(F)c3)CC2)CC1. The lowest BCUT2D eigenvalue weighted by molar-refractivity contribution is -0.140. The van der Waals surface area contributed by atoms with Gasteiger partial charge in [0.1, 0.15) is 5.82 Å². The van der Waals surface area contributed by atoms with E-state index in [-0.39, 0.29) is 12.6 Å². The van der Waals surface area contributed by atoms with Gasteiger partial charge in [0.15, 0.2) is 0 Å². The summed E-state index contributed by atoms with van der Waals surface area (Å²) < 4.78 is 64.3. The molecule has 2 saturated carbocycles. The zero-order chi connectivity index (χ0) is 19.4. The van der Waals surface area contributed by atoms with Crippen LogP contribution in [0.2, 0.25) is 11.6 Å². The number of hydrogen-bond donors (Lipinski definition) is 0. The van der Waals surface area contributed by atoms with E-state index in [0.717, 1.165) is 53.3 Å². The molecule has 2 radical (unpaired) electrons. The van der Waals surface area contributed by atoms with Crippen molar-refractivity contribution in [1.29, 1.82) is 0 Å². The highest BCUT2D eigenvalue weighted by Crippen LogP contribution is 2.45. The lowest BCUT2D eigenvalue weighted by Crippen LogP contribution is -2.25. The average molecular weight is 403 g/mol. The van der Waals surface area contributed by atoms with Gasteiger partial charge in [0.25, 0.3) is 0 Å². The molecule has 0 aliphatic heterocycles. The molecule has 0 bridgehead atoms. The molecule has 2 aliphatic rings. The summed E-state index contributed by atoms with van der Waals surface area (Å²) in [6.07, 6.45) is 4.27. The topological polar surface area (TPSA) is 0 Å². The van der Waals surface area contributed by atoms with Gasteiger partial charge in [-0.15, -0.1) is 0 Å². The molecule has 0 aromatic heterocycles. The first-order valence-electron chi connectivity index (χ1n) is 10.0. The van der Waals surface area contributed by atoms with E-state index in [0.29, 0.717) is 23.1 Å². The Kier molecular flexibility index (Phi) is 6.98. The largest absolute Gasteiger partial charge is 0.419 e. The fourth-order valence-corrected chi connectivity index (χ4v) is 6.25. The van der Waals surface area contributed by atoms with E-state index in [9.17, 15) is 22.0 Å². The maximum atomic E-state index is 13.9. The fourth-order valence-electron chi connectivity index (χ4n) is 4.99. The van der Waals surface area contributed by atoms with E-state index in [1.807, 2.05) is 0 Å². The second-order valence-electron chi connectivity index (χ2n) is 8.10. The van der Waals surface area contributed by atoms with Gasteiger partial charge in [0, 0.05) is 9.52 Å². The Bertz CT molecular complexity index is 599. The van der Waals surface area contributed by atoms with Crippen LogP contribution in [0, 0.1) is 17.7 Å². The van der Waals surface area contributed by atoms with Crippen molar-refractivity contribution in [2.75, 3.05) is 6.67 Å². The van der Waals surface area contributed by atoms with Gasteiger partial charge in [0.2, 0.25) is 0 Å². The van der Waals surface area contributed by atoms with Crippen LogP contribution in [0.25, 0.3) is 0 Å². The maximum absolute atomic E-state index is 13.9. The second-order valence-corrected chi connectivity index (χ2v) is 9.83. The summed E-state index contributed by atoms with van der Waals surface area (Å²) in [6.45, 7) is -0.201. The highest BCUT2D eigenvalue weighted by Gasteiger charge is 2.35. The normalized spacial score (nSPS) is 29.7. The summed E-state index contributed by atoms with van der Waals surface area (Å²) in [6, 6.07) is 4.14. The third-order valence-electron chi connectivity index (χ3n) is 6.51. The van der Waals surface area contributed by atoms with Crippen molar-refractivity contribution in [3.63, 3.8) is 0 Å². The van der Waals surface area contributed by atoms with E-state index >= 15 is 0 Å². The molecule has 0 nitrogen and oxygen atoms in total. The van der Waals surface area contributed by atoms with Crippen molar-refractivity contribution < 1.29 is 22.0 Å². The fraction of sp³-hybridized carbons (Fsp3) is 0.714. The smallest absolute Gasteiger partial charge is 0.251 e. The van der Waals surface area contributed by atoms with E-state index in [1.165, 1.54) is 31.7 Å². The minimum Gasteiger partial charge on any atom is -0.251 e. The standard InChI is InChI=1S/C21H27F5Si/c22-11-12-27-18-8-5-15(6-9-18)14-1-3-16(4-2-14)17-7-10-19(20(23)13-17)21(24,25)26/h7,10,13-16,18H,1-6,8-9,11-12H2. The number of halogens is 5. The van der Waals surface area contributed by atoms with Crippen LogP contribution in [0.5, 0.6) is 0 Å². The molecule has 0 spiro atoms. The van der Waals surface area contributed by atoms with Crippen LogP contribution in [-0.4, -0.2) is 16.2 Å². The molecule has 0 saturated heterocycles. The van der Waals surface area contributed by atoms with Crippen molar-refractivity contribution in [3.05, 3.63) is 35.1 Å². The predicted octanol–water partition coefficient (Wildman–Crippen LogP) is 7.19. The Morgan fingerprint density at radius 2 is 1.48 bits per heavy atom. The van der Waals surface area contributed by atoms with Crippen LogP contribution in [0.15, 0.2) is 18.2 Å². The van der Waals surface area contributed by atoms with Crippen molar-refractivity contribution in [2.24, 2.45) is 11.8 Å². The van der Waals surface area contributed by atoms with Crippen molar-refractivity contribution in [3.8, 4) is 0 Å². The molecule has 0 heterocycles. The van der Waals surface area contributed by atoms with Gasteiger partial charge in [-0.25, -0.2) is 4.39 Å². The summed E-state index contributed by atoms with van der Waals surface area (Å²) >= 11 is 0. The lowest BCUT2D eigenvalue weighted by atomic mass is 9.70. The van der Waals surface area contributed by atoms with Gasteiger partial charge in [-0.1, -0.05) is 31.7 Å². The molecule has 0 amide bonds. The first kappa shape index (κ1) is 20.8. The van der Waals surface area contributed by atoms with Gasteiger partial charge < -0.3 is 0 Å². The van der Waals surface area contributed by atoms with E-state index < -0.39 is 17.6 Å². The summed E-state index contributed by atoms with van der Waals surface area (Å²) in [5.74, 6) is 0.433. The predicted molar refractivity (Wildman–Crippen MR) is 98.3 cm³/mol. The van der Waals surface area contributed by atoms with Crippen LogP contribution < -0.4 is 0 Å². The van der Waals surface area contributed by atoms with E-state index in [4.69, 9.17) is 0 Å². The quantitative estimate of drug-likeness (QED) is 0.361. The summed E-state index contributed by atoms with van der Waals surface area (Å²) in [5, 5.41) is 0. The Labute approximate surface area is 160 Å². The van der Waals surface area contributed by atoms with E-state index in [1.54, 1.807) is 0 Å². The zero-order valence-electron chi connectivity index (χ0n) is 15.5. The third-order valence-corrected chi connectivity index (χ3v) is 8.14. The molecule has 3 rings (SSSR count). The van der Waals surface area contributed by atoms with Crippen LogP contribution in [-0.2, 0) is 6.18 Å². The zero-order valence-corrected chi connectivity index (χ0v) is 16.5. The summed E-state index contributed by atoms with van der Waals surface area (Å²) in [5.41, 5.74) is 0.240. The van der Waals surface area contributed by atoms with Gasteiger partial charge in [-0.05, 0) is 72.7 Å². The van der Waals surface area contributed by atoms with Gasteiger partial charge in [-0.3, -0.25) is 4.39 Å². The second kappa shape index (κ2) is 9.06. The van der Waals surface area contributed by atoms with Crippen molar-refractivity contribution >= 4 is 9.52 Å². The summed E-state index contributed by atoms with van der Waals surface area (Å²) in [4.78, 5) is 0. The average Bonchev–Trinajstić information content (AvgIpc) is 2.66. The van der Waals surface area contributed by atoms with Crippen LogP contribution in [0.4, 0.5) is 22.0 Å². The third kappa shape index (κ3) is 5.33. The molecule has 6 heteroatoms. The first-order valence-corrected chi connectivity index (χ1v) is 11.3. The molecule has 150 valence electrons. The van der Waals surface area contributed by atoms with Gasteiger partial charge in [0.05, 0.1) is 12.2 Å². The van der Waals surface area contributed by atoms with Crippen LogP contribution >= 0.6 is 0 Å². The maximum Gasteiger partial charge on any atom is 0.419 e. The molecule has 1 aromatic rings. The minimum atomic E-state index is -4.64. The lowest BCUT2D eigenvalue weighted by Gasteiger charge is -2.38. The molecule has 2 fully saturated rings. The van der Waals surface area contributed by atoms with E-state index in [2.05, 4.69) is 0 Å². The van der Waals surface area contributed by atoms with Crippen LogP contribution in [0.3, 0.4) is 0 Å². The Hall–Kier alpha value is -0.913. The molecule has 0 N–H and O–H groups in total. The Morgan fingerprint density at radius 1 is 0.889 bits per heavy atom. The van der Waals surface area contributed by atoms with Gasteiger partial charge in [-0.2, -0.15) is 13.2 Å². The van der Waals surface area contributed by atoms with Crippen LogP contribution in [0.1, 0.15) is 68.4 Å². The number of hydrogen-bond acceptors (Lipinski definition) is 0. The first-order chi connectivity index (χ1) is 12.9. The van der Waals surface area contributed by atoms with Crippen molar-refractivity contribution in [2.45, 2.75) is 75.0 Å². The summed E-state index contributed by atoms with van der Waals surface area (Å²) in [7, 11) is 0.760. The minimum absolute atomic E-state index is 0.167. The number of alkyl halides is 4.